The minimum Gasteiger partial charge on any atom is -0.352 e. The molecule has 144 valence electrons. The lowest BCUT2D eigenvalue weighted by atomic mass is 10.1. The summed E-state index contributed by atoms with van der Waals surface area (Å²) in [6.45, 7) is 2.58. The molecule has 5 nitrogen and oxygen atoms in total. The molecule has 2 amide bonds. The SMILES string of the molecule is CCCNC(=O)c1ccccc1NC(=O)Cc1csc(-c2ccc(Cl)cc2)n1. The van der Waals surface area contributed by atoms with Gasteiger partial charge in [0, 0.05) is 22.5 Å². The Bertz CT molecular complexity index is 970. The van der Waals surface area contributed by atoms with Crippen molar-refractivity contribution in [3.63, 3.8) is 0 Å². The largest absolute Gasteiger partial charge is 0.352 e. The van der Waals surface area contributed by atoms with E-state index in [1.807, 2.05) is 36.6 Å². The Labute approximate surface area is 172 Å². The number of para-hydroxylation sites is 1. The number of carbonyl (C=O) groups is 2. The summed E-state index contributed by atoms with van der Waals surface area (Å²) < 4.78 is 0. The topological polar surface area (TPSA) is 71.1 Å². The first kappa shape index (κ1) is 20.0. The number of halogens is 1. The fourth-order valence-corrected chi connectivity index (χ4v) is 3.55. The molecule has 0 aliphatic heterocycles. The number of carbonyl (C=O) groups excluding carboxylic acids is 2. The molecule has 0 radical (unpaired) electrons. The molecule has 28 heavy (non-hydrogen) atoms. The van der Waals surface area contributed by atoms with E-state index in [4.69, 9.17) is 11.6 Å². The lowest BCUT2D eigenvalue weighted by Gasteiger charge is -2.10. The molecule has 0 unspecified atom stereocenters. The zero-order valence-electron chi connectivity index (χ0n) is 15.4. The van der Waals surface area contributed by atoms with Crippen molar-refractivity contribution in [2.45, 2.75) is 19.8 Å². The number of benzene rings is 2. The monoisotopic (exact) mass is 413 g/mol. The molecule has 0 spiro atoms. The lowest BCUT2D eigenvalue weighted by molar-refractivity contribution is -0.115. The van der Waals surface area contributed by atoms with Gasteiger partial charge in [-0.1, -0.05) is 42.8 Å². The average molecular weight is 414 g/mol. The van der Waals surface area contributed by atoms with Gasteiger partial charge in [-0.2, -0.15) is 0 Å². The van der Waals surface area contributed by atoms with Gasteiger partial charge in [0.1, 0.15) is 5.01 Å². The molecular weight excluding hydrogens is 394 g/mol. The van der Waals surface area contributed by atoms with Crippen molar-refractivity contribution in [2.24, 2.45) is 0 Å². The molecule has 2 aromatic carbocycles. The first-order valence-corrected chi connectivity index (χ1v) is 10.2. The van der Waals surface area contributed by atoms with E-state index in [0.717, 1.165) is 17.0 Å². The van der Waals surface area contributed by atoms with E-state index >= 15 is 0 Å². The number of thiazole rings is 1. The van der Waals surface area contributed by atoms with Crippen LogP contribution in [0.1, 0.15) is 29.4 Å². The van der Waals surface area contributed by atoms with Crippen LogP contribution in [0.15, 0.2) is 53.9 Å². The van der Waals surface area contributed by atoms with Gasteiger partial charge in [0.05, 0.1) is 23.4 Å². The zero-order chi connectivity index (χ0) is 19.9. The van der Waals surface area contributed by atoms with Gasteiger partial charge < -0.3 is 10.6 Å². The van der Waals surface area contributed by atoms with Gasteiger partial charge in [-0.3, -0.25) is 9.59 Å². The highest BCUT2D eigenvalue weighted by molar-refractivity contribution is 7.13. The second kappa shape index (κ2) is 9.48. The van der Waals surface area contributed by atoms with E-state index in [-0.39, 0.29) is 18.2 Å². The third-order valence-corrected chi connectivity index (χ3v) is 5.16. The van der Waals surface area contributed by atoms with Crippen molar-refractivity contribution >= 4 is 40.4 Å². The van der Waals surface area contributed by atoms with Crippen LogP contribution in [-0.2, 0) is 11.2 Å². The van der Waals surface area contributed by atoms with Crippen LogP contribution >= 0.6 is 22.9 Å². The molecule has 1 aromatic heterocycles. The van der Waals surface area contributed by atoms with Gasteiger partial charge in [-0.05, 0) is 30.7 Å². The molecule has 7 heteroatoms. The van der Waals surface area contributed by atoms with E-state index in [9.17, 15) is 9.59 Å². The Balaban J connectivity index is 1.67. The maximum atomic E-state index is 12.5. The second-order valence-electron chi connectivity index (χ2n) is 6.18. The Morgan fingerprint density at radius 3 is 2.61 bits per heavy atom. The number of nitrogens with one attached hydrogen (secondary N) is 2. The summed E-state index contributed by atoms with van der Waals surface area (Å²) in [6, 6.07) is 14.4. The van der Waals surface area contributed by atoms with Crippen molar-refractivity contribution in [2.75, 3.05) is 11.9 Å². The van der Waals surface area contributed by atoms with Crippen LogP contribution in [0, 0.1) is 0 Å². The van der Waals surface area contributed by atoms with Gasteiger partial charge >= 0.3 is 0 Å². The van der Waals surface area contributed by atoms with Gasteiger partial charge in [0.15, 0.2) is 0 Å². The third-order valence-electron chi connectivity index (χ3n) is 3.97. The average Bonchev–Trinajstić information content (AvgIpc) is 3.15. The van der Waals surface area contributed by atoms with Crippen molar-refractivity contribution in [3.05, 3.63) is 70.2 Å². The smallest absolute Gasteiger partial charge is 0.253 e. The van der Waals surface area contributed by atoms with Crippen molar-refractivity contribution in [1.29, 1.82) is 0 Å². The molecule has 0 fully saturated rings. The molecular formula is C21H20ClN3O2S. The fourth-order valence-electron chi connectivity index (χ4n) is 2.60. The third kappa shape index (κ3) is 5.18. The van der Waals surface area contributed by atoms with Crippen LogP contribution in [0.5, 0.6) is 0 Å². The zero-order valence-corrected chi connectivity index (χ0v) is 16.9. The number of rotatable bonds is 7. The van der Waals surface area contributed by atoms with Gasteiger partial charge in [-0.25, -0.2) is 4.98 Å². The Morgan fingerprint density at radius 1 is 1.11 bits per heavy atom. The summed E-state index contributed by atoms with van der Waals surface area (Å²) >= 11 is 7.39. The first-order valence-electron chi connectivity index (χ1n) is 8.94. The van der Waals surface area contributed by atoms with E-state index in [2.05, 4.69) is 15.6 Å². The molecule has 1 heterocycles. The number of hydrogen-bond donors (Lipinski definition) is 2. The van der Waals surface area contributed by atoms with Crippen LogP contribution in [0.3, 0.4) is 0 Å². The minimum atomic E-state index is -0.219. The van der Waals surface area contributed by atoms with Crippen LogP contribution in [-0.4, -0.2) is 23.3 Å². The Hall–Kier alpha value is -2.70. The van der Waals surface area contributed by atoms with E-state index in [1.54, 1.807) is 24.3 Å². The lowest BCUT2D eigenvalue weighted by Crippen LogP contribution is -2.26. The number of anilines is 1. The van der Waals surface area contributed by atoms with Gasteiger partial charge in [0.2, 0.25) is 5.91 Å². The first-order chi connectivity index (χ1) is 13.6. The summed E-state index contributed by atoms with van der Waals surface area (Å²) in [6.07, 6.45) is 0.981. The minimum absolute atomic E-state index is 0.134. The summed E-state index contributed by atoms with van der Waals surface area (Å²) in [5, 5.41) is 9.01. The van der Waals surface area contributed by atoms with Gasteiger partial charge in [-0.15, -0.1) is 11.3 Å². The summed E-state index contributed by atoms with van der Waals surface area (Å²) in [5.74, 6) is -0.417. The second-order valence-corrected chi connectivity index (χ2v) is 7.47. The van der Waals surface area contributed by atoms with Crippen molar-refractivity contribution in [1.82, 2.24) is 10.3 Å². The maximum absolute atomic E-state index is 12.5. The van der Waals surface area contributed by atoms with Crippen molar-refractivity contribution in [3.8, 4) is 10.6 Å². The highest BCUT2D eigenvalue weighted by atomic mass is 35.5. The molecule has 0 bridgehead atoms. The number of aromatic nitrogens is 1. The van der Waals surface area contributed by atoms with Crippen molar-refractivity contribution < 1.29 is 9.59 Å². The summed E-state index contributed by atoms with van der Waals surface area (Å²) in [5.41, 5.74) is 2.58. The van der Waals surface area contributed by atoms with E-state index in [1.165, 1.54) is 11.3 Å². The molecule has 0 saturated carbocycles. The van der Waals surface area contributed by atoms with E-state index in [0.29, 0.717) is 28.5 Å². The normalized spacial score (nSPS) is 10.5. The molecule has 0 saturated heterocycles. The van der Waals surface area contributed by atoms with Crippen LogP contribution < -0.4 is 10.6 Å². The summed E-state index contributed by atoms with van der Waals surface area (Å²) in [4.78, 5) is 29.3. The predicted octanol–water partition coefficient (Wildman–Crippen LogP) is 4.78. The molecule has 3 aromatic rings. The van der Waals surface area contributed by atoms with Crippen LogP contribution in [0.25, 0.3) is 10.6 Å². The summed E-state index contributed by atoms with van der Waals surface area (Å²) in [7, 11) is 0. The number of nitrogens with zero attached hydrogens (tertiary/aromatic N) is 1. The number of hydrogen-bond acceptors (Lipinski definition) is 4. The molecule has 0 aliphatic carbocycles. The van der Waals surface area contributed by atoms with E-state index < -0.39 is 0 Å². The molecule has 0 atom stereocenters. The molecule has 0 aliphatic rings. The standard InChI is InChI=1S/C21H20ClN3O2S/c1-2-11-23-20(27)17-5-3-4-6-18(17)25-19(26)12-16-13-28-21(24-16)14-7-9-15(22)10-8-14/h3-10,13H,2,11-12H2,1H3,(H,23,27)(H,25,26). The maximum Gasteiger partial charge on any atom is 0.253 e. The quantitative estimate of drug-likeness (QED) is 0.585. The van der Waals surface area contributed by atoms with Crippen LogP contribution in [0.4, 0.5) is 5.69 Å². The Kier molecular flexibility index (Phi) is 6.79. The van der Waals surface area contributed by atoms with Gasteiger partial charge in [0.25, 0.3) is 5.91 Å². The number of amides is 2. The highest BCUT2D eigenvalue weighted by Gasteiger charge is 2.14. The Morgan fingerprint density at radius 2 is 1.86 bits per heavy atom. The molecule has 2 N–H and O–H groups in total. The molecule has 3 rings (SSSR count). The fraction of sp³-hybridized carbons (Fsp3) is 0.190. The van der Waals surface area contributed by atoms with Crippen LogP contribution in [0.2, 0.25) is 5.02 Å². The highest BCUT2D eigenvalue weighted by Crippen LogP contribution is 2.25. The predicted molar refractivity (Wildman–Crippen MR) is 114 cm³/mol.